The topological polar surface area (TPSA) is 58.9 Å². The van der Waals surface area contributed by atoms with Gasteiger partial charge >= 0.3 is 0 Å². The SMILES string of the molecule is CCCN(CC(=O)Nc1ccccc1OC)Cc1cn2c(C)cccc2n1. The van der Waals surface area contributed by atoms with Crippen molar-refractivity contribution in [3.63, 3.8) is 0 Å². The third-order valence-electron chi connectivity index (χ3n) is 4.42. The predicted molar refractivity (Wildman–Crippen MR) is 107 cm³/mol. The third-order valence-corrected chi connectivity index (χ3v) is 4.42. The van der Waals surface area contributed by atoms with Gasteiger partial charge in [-0.05, 0) is 44.2 Å². The molecule has 27 heavy (non-hydrogen) atoms. The van der Waals surface area contributed by atoms with Crippen LogP contribution in [0.15, 0.2) is 48.7 Å². The molecule has 0 atom stereocenters. The van der Waals surface area contributed by atoms with Gasteiger partial charge in [-0.3, -0.25) is 9.69 Å². The number of hydrogen-bond acceptors (Lipinski definition) is 4. The number of para-hydroxylation sites is 2. The molecule has 3 rings (SSSR count). The first kappa shape index (κ1) is 18.9. The average molecular weight is 366 g/mol. The lowest BCUT2D eigenvalue weighted by Crippen LogP contribution is -2.33. The second-order valence-electron chi connectivity index (χ2n) is 6.59. The van der Waals surface area contributed by atoms with Crippen molar-refractivity contribution in [1.29, 1.82) is 0 Å². The number of carbonyl (C=O) groups is 1. The van der Waals surface area contributed by atoms with Crippen molar-refractivity contribution in [2.45, 2.75) is 26.8 Å². The molecule has 3 aromatic rings. The number of methoxy groups -OCH3 is 1. The van der Waals surface area contributed by atoms with Crippen LogP contribution in [0.1, 0.15) is 24.7 Å². The van der Waals surface area contributed by atoms with Crippen LogP contribution in [0.4, 0.5) is 5.69 Å². The van der Waals surface area contributed by atoms with Gasteiger partial charge < -0.3 is 14.5 Å². The van der Waals surface area contributed by atoms with E-state index in [0.717, 1.165) is 30.0 Å². The molecular weight excluding hydrogens is 340 g/mol. The summed E-state index contributed by atoms with van der Waals surface area (Å²) < 4.78 is 7.38. The molecular formula is C21H26N4O2. The lowest BCUT2D eigenvalue weighted by molar-refractivity contribution is -0.117. The van der Waals surface area contributed by atoms with Crippen LogP contribution in [0, 0.1) is 6.92 Å². The van der Waals surface area contributed by atoms with E-state index in [9.17, 15) is 4.79 Å². The average Bonchev–Trinajstić information content (AvgIpc) is 3.06. The number of aryl methyl sites for hydroxylation is 1. The Bertz CT molecular complexity index is 919. The van der Waals surface area contributed by atoms with E-state index in [4.69, 9.17) is 4.74 Å². The number of rotatable bonds is 8. The lowest BCUT2D eigenvalue weighted by Gasteiger charge is -2.20. The van der Waals surface area contributed by atoms with Gasteiger partial charge in [0.05, 0.1) is 25.0 Å². The van der Waals surface area contributed by atoms with Gasteiger partial charge in [0.1, 0.15) is 11.4 Å². The van der Waals surface area contributed by atoms with Crippen molar-refractivity contribution < 1.29 is 9.53 Å². The van der Waals surface area contributed by atoms with Crippen molar-refractivity contribution in [2.75, 3.05) is 25.5 Å². The molecule has 0 spiro atoms. The van der Waals surface area contributed by atoms with Crippen molar-refractivity contribution in [1.82, 2.24) is 14.3 Å². The number of aromatic nitrogens is 2. The van der Waals surface area contributed by atoms with Crippen LogP contribution in [0.3, 0.4) is 0 Å². The Morgan fingerprint density at radius 3 is 2.78 bits per heavy atom. The maximum atomic E-state index is 12.5. The van der Waals surface area contributed by atoms with Gasteiger partial charge in [-0.25, -0.2) is 4.98 Å². The lowest BCUT2D eigenvalue weighted by atomic mass is 10.3. The fourth-order valence-corrected chi connectivity index (χ4v) is 3.18. The Kier molecular flexibility index (Phi) is 6.08. The second-order valence-corrected chi connectivity index (χ2v) is 6.59. The number of benzene rings is 1. The second kappa shape index (κ2) is 8.68. The molecule has 142 valence electrons. The van der Waals surface area contributed by atoms with Gasteiger partial charge in [0, 0.05) is 18.4 Å². The van der Waals surface area contributed by atoms with Crippen molar-refractivity contribution in [2.24, 2.45) is 0 Å². The molecule has 0 fully saturated rings. The van der Waals surface area contributed by atoms with Crippen LogP contribution in [0.25, 0.3) is 5.65 Å². The molecule has 0 radical (unpaired) electrons. The summed E-state index contributed by atoms with van der Waals surface area (Å²) in [7, 11) is 1.60. The molecule has 0 aliphatic rings. The third kappa shape index (κ3) is 4.65. The maximum absolute atomic E-state index is 12.5. The fourth-order valence-electron chi connectivity index (χ4n) is 3.18. The number of pyridine rings is 1. The minimum Gasteiger partial charge on any atom is -0.495 e. The molecule has 0 aliphatic carbocycles. The monoisotopic (exact) mass is 366 g/mol. The van der Waals surface area contributed by atoms with Gasteiger partial charge in [-0.2, -0.15) is 0 Å². The van der Waals surface area contributed by atoms with Crippen LogP contribution in [0.5, 0.6) is 5.75 Å². The van der Waals surface area contributed by atoms with E-state index in [-0.39, 0.29) is 5.91 Å². The quantitative estimate of drug-likeness (QED) is 0.663. The van der Waals surface area contributed by atoms with Crippen LogP contribution >= 0.6 is 0 Å². The number of carbonyl (C=O) groups excluding carboxylic acids is 1. The summed E-state index contributed by atoms with van der Waals surface area (Å²) in [5, 5.41) is 2.94. The summed E-state index contributed by atoms with van der Waals surface area (Å²) in [6.07, 6.45) is 3.01. The van der Waals surface area contributed by atoms with Gasteiger partial charge in [0.2, 0.25) is 5.91 Å². The Balaban J connectivity index is 1.69. The normalized spacial score (nSPS) is 11.1. The summed E-state index contributed by atoms with van der Waals surface area (Å²) in [4.78, 5) is 19.3. The molecule has 2 aromatic heterocycles. The van der Waals surface area contributed by atoms with Crippen molar-refractivity contribution in [3.8, 4) is 5.75 Å². The Morgan fingerprint density at radius 2 is 2.04 bits per heavy atom. The Morgan fingerprint density at radius 1 is 1.22 bits per heavy atom. The summed E-state index contributed by atoms with van der Waals surface area (Å²) in [6, 6.07) is 13.5. The van der Waals surface area contributed by atoms with E-state index in [1.165, 1.54) is 0 Å². The first-order valence-corrected chi connectivity index (χ1v) is 9.19. The number of ether oxygens (including phenoxy) is 1. The van der Waals surface area contributed by atoms with E-state index in [1.54, 1.807) is 7.11 Å². The zero-order valence-corrected chi connectivity index (χ0v) is 16.1. The Hall–Kier alpha value is -2.86. The van der Waals surface area contributed by atoms with Crippen LogP contribution in [-0.2, 0) is 11.3 Å². The van der Waals surface area contributed by atoms with Gasteiger partial charge in [-0.15, -0.1) is 0 Å². The van der Waals surface area contributed by atoms with Gasteiger partial charge in [-0.1, -0.05) is 25.1 Å². The van der Waals surface area contributed by atoms with Crippen LogP contribution in [-0.4, -0.2) is 40.4 Å². The highest BCUT2D eigenvalue weighted by molar-refractivity contribution is 5.93. The van der Waals surface area contributed by atoms with Crippen molar-refractivity contribution >= 4 is 17.2 Å². The first-order chi connectivity index (χ1) is 13.1. The standard InChI is InChI=1S/C21H26N4O2/c1-4-12-24(13-17-14-25-16(2)8-7-11-20(25)22-17)15-21(26)23-18-9-5-6-10-19(18)27-3/h5-11,14H,4,12-13,15H2,1-3H3,(H,23,26). The molecule has 6 nitrogen and oxygen atoms in total. The van der Waals surface area contributed by atoms with E-state index < -0.39 is 0 Å². The molecule has 2 heterocycles. The highest BCUT2D eigenvalue weighted by Gasteiger charge is 2.14. The zero-order valence-electron chi connectivity index (χ0n) is 16.1. The molecule has 0 unspecified atom stereocenters. The highest BCUT2D eigenvalue weighted by Crippen LogP contribution is 2.23. The molecule has 1 amide bonds. The minimum atomic E-state index is -0.0621. The minimum absolute atomic E-state index is 0.0621. The van der Waals surface area contributed by atoms with E-state index in [0.29, 0.717) is 24.5 Å². The predicted octanol–water partition coefficient (Wildman–Crippen LogP) is 3.50. The Labute approximate surface area is 159 Å². The van der Waals surface area contributed by atoms with Gasteiger partial charge in [0.15, 0.2) is 0 Å². The first-order valence-electron chi connectivity index (χ1n) is 9.19. The van der Waals surface area contributed by atoms with E-state index in [2.05, 4.69) is 39.5 Å². The number of imidazole rings is 1. The number of fused-ring (bicyclic) bond motifs is 1. The van der Waals surface area contributed by atoms with Crippen LogP contribution < -0.4 is 10.1 Å². The maximum Gasteiger partial charge on any atom is 0.238 e. The van der Waals surface area contributed by atoms with E-state index >= 15 is 0 Å². The summed E-state index contributed by atoms with van der Waals surface area (Å²) in [5.74, 6) is 0.594. The molecule has 0 saturated heterocycles. The highest BCUT2D eigenvalue weighted by atomic mass is 16.5. The number of amides is 1. The summed E-state index contributed by atoms with van der Waals surface area (Å²) in [6.45, 7) is 5.93. The number of anilines is 1. The molecule has 1 N–H and O–H groups in total. The van der Waals surface area contributed by atoms with Crippen LogP contribution in [0.2, 0.25) is 0 Å². The smallest absolute Gasteiger partial charge is 0.238 e. The molecule has 1 aromatic carbocycles. The molecule has 0 bridgehead atoms. The summed E-state index contributed by atoms with van der Waals surface area (Å²) >= 11 is 0. The number of hydrogen-bond donors (Lipinski definition) is 1. The van der Waals surface area contributed by atoms with Gasteiger partial charge in [0.25, 0.3) is 0 Å². The summed E-state index contributed by atoms with van der Waals surface area (Å²) in [5.41, 5.74) is 3.72. The molecule has 0 saturated carbocycles. The zero-order chi connectivity index (χ0) is 19.2. The van der Waals surface area contributed by atoms with E-state index in [1.807, 2.05) is 42.6 Å². The molecule has 6 heteroatoms. The number of nitrogens with one attached hydrogen (secondary N) is 1. The van der Waals surface area contributed by atoms with Crippen molar-refractivity contribution in [3.05, 3.63) is 60.0 Å². The molecule has 0 aliphatic heterocycles. The fraction of sp³-hybridized carbons (Fsp3) is 0.333. The number of nitrogens with zero attached hydrogens (tertiary/aromatic N) is 3. The largest absolute Gasteiger partial charge is 0.495 e.